The summed E-state index contributed by atoms with van der Waals surface area (Å²) >= 11 is 0. The lowest BCUT2D eigenvalue weighted by Gasteiger charge is -2.45. The highest BCUT2D eigenvalue weighted by Gasteiger charge is 2.46. The van der Waals surface area contributed by atoms with Crippen LogP contribution in [-0.4, -0.2) is 49.9 Å². The smallest absolute Gasteiger partial charge is 0.368 e. The summed E-state index contributed by atoms with van der Waals surface area (Å²) in [6.45, 7) is 1.03. The molecule has 5 rings (SSSR count). The molecule has 3 unspecified atom stereocenters. The molecule has 10 heteroatoms. The van der Waals surface area contributed by atoms with Crippen LogP contribution in [0.4, 0.5) is 19.0 Å². The maximum Gasteiger partial charge on any atom is 0.417 e. The van der Waals surface area contributed by atoms with Crippen LogP contribution in [-0.2, 0) is 6.18 Å². The summed E-state index contributed by atoms with van der Waals surface area (Å²) in [5.74, 6) is 0.325. The molecule has 0 radical (unpaired) electrons. The molecule has 1 spiro atoms. The van der Waals surface area contributed by atoms with Crippen LogP contribution >= 0.6 is 0 Å². The Morgan fingerprint density at radius 2 is 1.83 bits per heavy atom. The van der Waals surface area contributed by atoms with Crippen molar-refractivity contribution in [2.75, 3.05) is 18.4 Å². The zero-order chi connectivity index (χ0) is 24.5. The van der Waals surface area contributed by atoms with Gasteiger partial charge < -0.3 is 10.2 Å². The van der Waals surface area contributed by atoms with Gasteiger partial charge in [-0.2, -0.15) is 28.2 Å². The lowest BCUT2D eigenvalue weighted by atomic mass is 9.73. The van der Waals surface area contributed by atoms with Gasteiger partial charge in [-0.1, -0.05) is 18.2 Å². The summed E-state index contributed by atoms with van der Waals surface area (Å²) in [5, 5.41) is 11.8. The van der Waals surface area contributed by atoms with E-state index in [1.807, 2.05) is 35.2 Å². The zero-order valence-electron chi connectivity index (χ0n) is 19.2. The van der Waals surface area contributed by atoms with E-state index in [0.717, 1.165) is 44.4 Å². The van der Waals surface area contributed by atoms with E-state index in [9.17, 15) is 18.0 Å². The summed E-state index contributed by atoms with van der Waals surface area (Å²) in [6.07, 6.45) is 4.45. The molecule has 35 heavy (non-hydrogen) atoms. The molecule has 2 fully saturated rings. The van der Waals surface area contributed by atoms with Crippen LogP contribution in [0.1, 0.15) is 54.1 Å². The van der Waals surface area contributed by atoms with E-state index in [1.54, 1.807) is 17.2 Å². The van der Waals surface area contributed by atoms with E-state index in [-0.39, 0.29) is 23.4 Å². The fourth-order valence-electron chi connectivity index (χ4n) is 5.54. The van der Waals surface area contributed by atoms with Gasteiger partial charge in [-0.15, -0.1) is 0 Å². The van der Waals surface area contributed by atoms with Gasteiger partial charge in [-0.25, -0.2) is 4.98 Å². The van der Waals surface area contributed by atoms with Gasteiger partial charge in [0.25, 0.3) is 5.91 Å². The van der Waals surface area contributed by atoms with E-state index >= 15 is 0 Å². The van der Waals surface area contributed by atoms with E-state index in [1.165, 1.54) is 6.07 Å². The number of hydrogen-bond acceptors (Lipinski definition) is 5. The van der Waals surface area contributed by atoms with Gasteiger partial charge in [0, 0.05) is 30.9 Å². The fraction of sp³-hybridized carbons (Fsp3) is 0.440. The molecule has 1 aliphatic heterocycles. The number of alkyl halides is 3. The number of rotatable bonds is 5. The fourth-order valence-corrected chi connectivity index (χ4v) is 5.54. The summed E-state index contributed by atoms with van der Waals surface area (Å²) < 4.78 is 38.7. The van der Waals surface area contributed by atoms with Crippen molar-refractivity contribution in [1.82, 2.24) is 24.9 Å². The molecule has 1 amide bonds. The van der Waals surface area contributed by atoms with Crippen molar-refractivity contribution >= 4 is 11.7 Å². The Bertz CT molecular complexity index is 1140. The third kappa shape index (κ3) is 5.01. The topological polar surface area (TPSA) is 75.9 Å². The first-order valence-corrected chi connectivity index (χ1v) is 11.8. The lowest BCUT2D eigenvalue weighted by Crippen LogP contribution is -2.52. The molecule has 184 valence electrons. The number of nitrogens with zero attached hydrogens (tertiary/aromatic N) is 5. The van der Waals surface area contributed by atoms with Crippen LogP contribution in [0.5, 0.6) is 0 Å². The summed E-state index contributed by atoms with van der Waals surface area (Å²) in [7, 11) is 0. The molecule has 1 saturated carbocycles. The highest BCUT2D eigenvalue weighted by molar-refractivity contribution is 5.94. The number of aromatic nitrogens is 4. The number of carbonyl (C=O) groups excluding carboxylic acids is 1. The van der Waals surface area contributed by atoms with E-state index in [0.29, 0.717) is 24.5 Å². The number of piperidine rings is 1. The number of benzene rings is 1. The Morgan fingerprint density at radius 3 is 2.51 bits per heavy atom. The number of carbonyl (C=O) groups is 1. The van der Waals surface area contributed by atoms with Gasteiger partial charge in [0.05, 0.1) is 24.0 Å². The molecule has 1 aliphatic carbocycles. The third-order valence-electron chi connectivity index (χ3n) is 7.32. The van der Waals surface area contributed by atoms with Crippen molar-refractivity contribution in [3.8, 4) is 0 Å². The highest BCUT2D eigenvalue weighted by Crippen LogP contribution is 2.51. The average Bonchev–Trinajstić information content (AvgIpc) is 3.53. The van der Waals surface area contributed by atoms with E-state index in [4.69, 9.17) is 0 Å². The Balaban J connectivity index is 1.33. The molecular formula is C25H27F3N6O. The second kappa shape index (κ2) is 9.31. The average molecular weight is 485 g/mol. The van der Waals surface area contributed by atoms with Crippen molar-refractivity contribution < 1.29 is 18.0 Å². The number of hydrogen-bond donors (Lipinski definition) is 1. The van der Waals surface area contributed by atoms with Crippen molar-refractivity contribution in [3.63, 3.8) is 0 Å². The number of nitrogens with one attached hydrogen (secondary N) is 1. The number of amides is 1. The van der Waals surface area contributed by atoms with Crippen LogP contribution in [0.3, 0.4) is 0 Å². The van der Waals surface area contributed by atoms with E-state index < -0.39 is 11.7 Å². The molecule has 1 aromatic carbocycles. The van der Waals surface area contributed by atoms with Gasteiger partial charge in [-0.05, 0) is 61.8 Å². The Hall–Kier alpha value is -3.43. The monoisotopic (exact) mass is 484 g/mol. The van der Waals surface area contributed by atoms with Crippen molar-refractivity contribution in [1.29, 1.82) is 0 Å². The lowest BCUT2D eigenvalue weighted by molar-refractivity contribution is -0.137. The quantitative estimate of drug-likeness (QED) is 0.562. The molecule has 3 aromatic rings. The van der Waals surface area contributed by atoms with Crippen molar-refractivity contribution in [3.05, 3.63) is 72.2 Å². The third-order valence-corrected chi connectivity index (χ3v) is 7.32. The molecule has 2 aromatic heterocycles. The maximum absolute atomic E-state index is 13.4. The summed E-state index contributed by atoms with van der Waals surface area (Å²) in [4.78, 5) is 21.0. The Morgan fingerprint density at radius 1 is 1.06 bits per heavy atom. The van der Waals surface area contributed by atoms with Gasteiger partial charge in [0.15, 0.2) is 0 Å². The molecule has 1 saturated heterocycles. The van der Waals surface area contributed by atoms with Crippen LogP contribution in [0.25, 0.3) is 0 Å². The molecule has 0 bridgehead atoms. The molecule has 2 aliphatic rings. The molecule has 3 atom stereocenters. The Kier molecular flexibility index (Phi) is 6.21. The SMILES string of the molecule is O=C(c1ccccc1)N1CCC2(CCC(n3nccn3)C2)CC1CNc1ccc(C(F)(F)F)cn1. The van der Waals surface area contributed by atoms with Crippen molar-refractivity contribution in [2.24, 2.45) is 5.41 Å². The minimum atomic E-state index is -4.43. The normalized spacial score (nSPS) is 24.6. The molecule has 1 N–H and O–H groups in total. The first kappa shape index (κ1) is 23.3. The number of pyridine rings is 1. The minimum absolute atomic E-state index is 0.0316. The minimum Gasteiger partial charge on any atom is -0.368 e. The summed E-state index contributed by atoms with van der Waals surface area (Å²) in [5.41, 5.74) is -0.0815. The number of likely N-dealkylation sites (tertiary alicyclic amines) is 1. The van der Waals surface area contributed by atoms with Crippen LogP contribution in [0, 0.1) is 5.41 Å². The maximum atomic E-state index is 13.4. The first-order valence-electron chi connectivity index (χ1n) is 11.8. The van der Waals surface area contributed by atoms with E-state index in [2.05, 4.69) is 20.5 Å². The van der Waals surface area contributed by atoms with Gasteiger partial charge in [0.1, 0.15) is 5.82 Å². The van der Waals surface area contributed by atoms with Gasteiger partial charge in [0.2, 0.25) is 0 Å². The van der Waals surface area contributed by atoms with Gasteiger partial charge in [-0.3, -0.25) is 4.79 Å². The zero-order valence-corrected chi connectivity index (χ0v) is 19.2. The number of anilines is 1. The summed E-state index contributed by atoms with van der Waals surface area (Å²) in [6, 6.07) is 11.7. The first-order chi connectivity index (χ1) is 16.8. The predicted molar refractivity (Wildman–Crippen MR) is 124 cm³/mol. The largest absolute Gasteiger partial charge is 0.417 e. The van der Waals surface area contributed by atoms with Crippen LogP contribution in [0.2, 0.25) is 0 Å². The second-order valence-electron chi connectivity index (χ2n) is 9.53. The molecule has 3 heterocycles. The molecule has 7 nitrogen and oxygen atoms in total. The highest BCUT2D eigenvalue weighted by atomic mass is 19.4. The number of halogens is 3. The second-order valence-corrected chi connectivity index (χ2v) is 9.53. The van der Waals surface area contributed by atoms with Crippen LogP contribution < -0.4 is 5.32 Å². The molecular weight excluding hydrogens is 457 g/mol. The predicted octanol–water partition coefficient (Wildman–Crippen LogP) is 4.82. The Labute approximate surface area is 201 Å². The van der Waals surface area contributed by atoms with Gasteiger partial charge >= 0.3 is 6.18 Å². The van der Waals surface area contributed by atoms with Crippen molar-refractivity contribution in [2.45, 2.75) is 50.4 Å². The van der Waals surface area contributed by atoms with Crippen LogP contribution in [0.15, 0.2) is 61.1 Å². The standard InChI is InChI=1S/C25H27F3N6O/c26-25(27,28)19-6-7-22(29-16-19)30-17-21-15-24(9-8-20(14-24)34-31-11-12-32-34)10-13-33(21)23(35)18-4-2-1-3-5-18/h1-7,11-12,16,20-21H,8-10,13-15,17H2,(H,29,30).